The zero-order valence-electron chi connectivity index (χ0n) is 12.4. The molecule has 8 heteroatoms. The van der Waals surface area contributed by atoms with Gasteiger partial charge in [-0.25, -0.2) is 0 Å². The van der Waals surface area contributed by atoms with E-state index in [1.165, 1.54) is 0 Å². The van der Waals surface area contributed by atoms with Gasteiger partial charge in [0, 0.05) is 12.7 Å². The highest BCUT2D eigenvalue weighted by atomic mass is 35.5. The summed E-state index contributed by atoms with van der Waals surface area (Å²) in [6.07, 6.45) is 3.51. The summed E-state index contributed by atoms with van der Waals surface area (Å²) in [6.45, 7) is 7.14. The Morgan fingerprint density at radius 3 is 2.80 bits per heavy atom. The summed E-state index contributed by atoms with van der Waals surface area (Å²) < 4.78 is 12.4. The number of oxime groups is 1. The van der Waals surface area contributed by atoms with Crippen LogP contribution in [-0.2, 0) is 14.2 Å². The average molecular weight is 326 g/mol. The molecule has 6 nitrogen and oxygen atoms in total. The van der Waals surface area contributed by atoms with Crippen LogP contribution in [0.15, 0.2) is 5.16 Å². The number of carbonyl (C=O) groups is 1. The lowest BCUT2D eigenvalue weighted by Gasteiger charge is -2.21. The minimum atomic E-state index is -0.589. The molecule has 1 heterocycles. The number of unbranched alkanes of at least 4 members (excludes halogenated alkanes) is 1. The maximum atomic E-state index is 11.4. The summed E-state index contributed by atoms with van der Waals surface area (Å²) in [6, 6.07) is -0.503. The largest absolute Gasteiger partial charge is 0.465 e. The van der Waals surface area contributed by atoms with Crippen molar-refractivity contribution in [3.8, 4) is 0 Å². The predicted molar refractivity (Wildman–Crippen MR) is 84.1 cm³/mol. The third-order valence-electron chi connectivity index (χ3n) is 2.90. The smallest absolute Gasteiger partial charge is 0.322 e. The van der Waals surface area contributed by atoms with Crippen molar-refractivity contribution >= 4 is 32.5 Å². The molecule has 0 bridgehead atoms. The first kappa shape index (κ1) is 19.4. The van der Waals surface area contributed by atoms with Crippen LogP contribution in [0.25, 0.3) is 0 Å². The van der Waals surface area contributed by atoms with Gasteiger partial charge in [-0.15, -0.1) is 12.4 Å². The maximum absolute atomic E-state index is 11.4. The highest BCUT2D eigenvalue weighted by Gasteiger charge is 2.26. The average Bonchev–Trinajstić information content (AvgIpc) is 2.75. The number of hydrogen-bond acceptors (Lipinski definition) is 6. The zero-order valence-corrected chi connectivity index (χ0v) is 14.1. The summed E-state index contributed by atoms with van der Waals surface area (Å²) in [7, 11) is -0.589. The number of hydrogen-bond donors (Lipinski definition) is 1. The molecule has 2 N–H and O–H groups in total. The van der Waals surface area contributed by atoms with E-state index in [4.69, 9.17) is 15.1 Å². The monoisotopic (exact) mass is 325 g/mol. The van der Waals surface area contributed by atoms with E-state index in [0.717, 1.165) is 31.4 Å². The Hall–Kier alpha value is -0.580. The standard InChI is InChI=1S/C12H24N3O3P.ClH/c1-4-17-12(16)11(13)8-6-7-9-15-10(3)14-18-19(15)5-2;/h11H,4-9,13H2,1-3H3;1H/t11-,19?;/m0./s1. The zero-order chi connectivity index (χ0) is 14.3. The molecular weight excluding hydrogens is 301 g/mol. The summed E-state index contributed by atoms with van der Waals surface area (Å²) in [5, 5.41) is 4.01. The normalized spacial score (nSPS) is 18.9. The van der Waals surface area contributed by atoms with Gasteiger partial charge in [0.15, 0.2) is 0 Å². The molecule has 2 atom stereocenters. The minimum absolute atomic E-state index is 0. The van der Waals surface area contributed by atoms with Crippen molar-refractivity contribution in [1.82, 2.24) is 4.67 Å². The van der Waals surface area contributed by atoms with Crippen molar-refractivity contribution < 1.29 is 14.2 Å². The van der Waals surface area contributed by atoms with Crippen LogP contribution in [0.4, 0.5) is 0 Å². The highest BCUT2D eigenvalue weighted by molar-refractivity contribution is 7.51. The fourth-order valence-electron chi connectivity index (χ4n) is 1.85. The molecule has 0 aromatic carbocycles. The molecule has 0 aromatic heterocycles. The SMILES string of the molecule is CCOC(=O)[C@@H](N)CCCCN1C(C)=NOP1CC.Cl. The van der Waals surface area contributed by atoms with Crippen LogP contribution in [0.3, 0.4) is 0 Å². The lowest BCUT2D eigenvalue weighted by molar-refractivity contribution is -0.144. The molecule has 1 aliphatic rings. The fourth-order valence-corrected chi connectivity index (χ4v) is 3.33. The molecule has 0 aliphatic carbocycles. The topological polar surface area (TPSA) is 77.2 Å². The Balaban J connectivity index is 0.00000361. The van der Waals surface area contributed by atoms with E-state index in [1.807, 2.05) is 6.92 Å². The maximum Gasteiger partial charge on any atom is 0.322 e. The van der Waals surface area contributed by atoms with Gasteiger partial charge in [-0.3, -0.25) is 4.79 Å². The third kappa shape index (κ3) is 5.81. The third-order valence-corrected chi connectivity index (χ3v) is 4.74. The summed E-state index contributed by atoms with van der Waals surface area (Å²) in [4.78, 5) is 11.4. The van der Waals surface area contributed by atoms with Gasteiger partial charge in [0.1, 0.15) is 11.9 Å². The van der Waals surface area contributed by atoms with Crippen molar-refractivity contribution in [2.24, 2.45) is 10.9 Å². The van der Waals surface area contributed by atoms with E-state index >= 15 is 0 Å². The van der Waals surface area contributed by atoms with Crippen molar-refractivity contribution in [1.29, 1.82) is 0 Å². The molecule has 0 spiro atoms. The van der Waals surface area contributed by atoms with E-state index in [9.17, 15) is 4.79 Å². The van der Waals surface area contributed by atoms with Gasteiger partial charge in [-0.1, -0.05) is 12.1 Å². The number of rotatable bonds is 8. The number of amidine groups is 1. The van der Waals surface area contributed by atoms with Crippen LogP contribution in [-0.4, -0.2) is 41.8 Å². The second-order valence-electron chi connectivity index (χ2n) is 4.37. The van der Waals surface area contributed by atoms with Crippen LogP contribution in [0, 0.1) is 0 Å². The number of nitrogens with two attached hydrogens (primary N) is 1. The van der Waals surface area contributed by atoms with Crippen LogP contribution < -0.4 is 5.73 Å². The highest BCUT2D eigenvalue weighted by Crippen LogP contribution is 2.45. The summed E-state index contributed by atoms with van der Waals surface area (Å²) in [5.74, 6) is 0.642. The van der Waals surface area contributed by atoms with E-state index in [0.29, 0.717) is 13.0 Å². The molecular formula is C12H25ClN3O3P. The quantitative estimate of drug-likeness (QED) is 0.421. The molecule has 1 rings (SSSR count). The second-order valence-corrected chi connectivity index (χ2v) is 6.35. The lowest BCUT2D eigenvalue weighted by atomic mass is 10.1. The molecule has 0 saturated heterocycles. The molecule has 1 aliphatic heterocycles. The number of esters is 1. The van der Waals surface area contributed by atoms with E-state index in [-0.39, 0.29) is 18.4 Å². The minimum Gasteiger partial charge on any atom is -0.465 e. The van der Waals surface area contributed by atoms with Gasteiger partial charge >= 0.3 is 5.97 Å². The molecule has 1 unspecified atom stereocenters. The molecule has 0 saturated carbocycles. The number of nitrogens with zero attached hydrogens (tertiary/aromatic N) is 2. The number of carbonyl (C=O) groups excluding carboxylic acids is 1. The molecule has 118 valence electrons. The number of halogens is 1. The van der Waals surface area contributed by atoms with Crippen molar-refractivity contribution in [2.45, 2.75) is 46.1 Å². The summed E-state index contributed by atoms with van der Waals surface area (Å²) in [5.41, 5.74) is 5.75. The van der Waals surface area contributed by atoms with Crippen LogP contribution >= 0.6 is 20.7 Å². The summed E-state index contributed by atoms with van der Waals surface area (Å²) >= 11 is 0. The fraction of sp³-hybridized carbons (Fsp3) is 0.833. The van der Waals surface area contributed by atoms with E-state index in [2.05, 4.69) is 16.7 Å². The van der Waals surface area contributed by atoms with E-state index < -0.39 is 14.3 Å². The lowest BCUT2D eigenvalue weighted by Crippen LogP contribution is -2.32. The first-order chi connectivity index (χ1) is 9.10. The van der Waals surface area contributed by atoms with Crippen LogP contribution in [0.2, 0.25) is 0 Å². The Bertz CT molecular complexity index is 331. The van der Waals surface area contributed by atoms with E-state index in [1.54, 1.807) is 6.92 Å². The second kappa shape index (κ2) is 10.2. The Kier molecular flexibility index (Phi) is 9.90. The van der Waals surface area contributed by atoms with Gasteiger partial charge in [0.25, 0.3) is 0 Å². The van der Waals surface area contributed by atoms with Crippen LogP contribution in [0.1, 0.15) is 40.0 Å². The van der Waals surface area contributed by atoms with Crippen molar-refractivity contribution in [2.75, 3.05) is 19.3 Å². The molecule has 0 aromatic rings. The number of ether oxygens (including phenoxy) is 1. The van der Waals surface area contributed by atoms with Crippen molar-refractivity contribution in [3.05, 3.63) is 0 Å². The van der Waals surface area contributed by atoms with Gasteiger partial charge in [-0.05, 0) is 33.1 Å². The molecule has 0 fully saturated rings. The first-order valence-electron chi connectivity index (χ1n) is 6.79. The molecule has 0 amide bonds. The Morgan fingerprint density at radius 1 is 1.50 bits per heavy atom. The van der Waals surface area contributed by atoms with Crippen molar-refractivity contribution in [3.63, 3.8) is 0 Å². The van der Waals surface area contributed by atoms with Gasteiger partial charge in [0.05, 0.1) is 6.61 Å². The first-order valence-corrected chi connectivity index (χ1v) is 8.18. The van der Waals surface area contributed by atoms with Crippen LogP contribution in [0.5, 0.6) is 0 Å². The predicted octanol–water partition coefficient (Wildman–Crippen LogP) is 2.47. The Labute approximate surface area is 128 Å². The molecule has 0 radical (unpaired) electrons. The van der Waals surface area contributed by atoms with Gasteiger partial charge < -0.3 is 19.8 Å². The van der Waals surface area contributed by atoms with Gasteiger partial charge in [0.2, 0.25) is 8.30 Å². The van der Waals surface area contributed by atoms with Gasteiger partial charge in [-0.2, -0.15) is 0 Å². The molecule has 20 heavy (non-hydrogen) atoms. The Morgan fingerprint density at radius 2 is 2.20 bits per heavy atom.